The van der Waals surface area contributed by atoms with Crippen molar-refractivity contribution in [2.75, 3.05) is 0 Å². The number of fused-ring (bicyclic) bond motifs is 6. The largest absolute Gasteiger partial charge is 0.417 e. The van der Waals surface area contributed by atoms with Gasteiger partial charge in [-0.3, -0.25) is 0 Å². The predicted octanol–water partition coefficient (Wildman–Crippen LogP) is 15.8. The summed E-state index contributed by atoms with van der Waals surface area (Å²) in [6, 6.07) is 45.0. The van der Waals surface area contributed by atoms with Crippen LogP contribution in [0.1, 0.15) is 44.5 Å². The van der Waals surface area contributed by atoms with Gasteiger partial charge in [0.2, 0.25) is 0 Å². The smallest absolute Gasteiger partial charge is 0.308 e. The molecule has 2 aromatic heterocycles. The third-order valence-corrected chi connectivity index (χ3v) is 12.6. The molecule has 308 valence electrons. The Morgan fingerprint density at radius 3 is 1.30 bits per heavy atom. The summed E-state index contributed by atoms with van der Waals surface area (Å²) in [7, 11) is 0. The molecule has 0 spiro atoms. The van der Waals surface area contributed by atoms with Crippen molar-refractivity contribution >= 4 is 43.6 Å². The van der Waals surface area contributed by atoms with Gasteiger partial charge in [-0.2, -0.15) is 18.4 Å². The maximum Gasteiger partial charge on any atom is 0.417 e. The second-order valence-corrected chi connectivity index (χ2v) is 16.9. The van der Waals surface area contributed by atoms with Gasteiger partial charge < -0.3 is 9.13 Å². The number of halogens is 4. The van der Waals surface area contributed by atoms with Gasteiger partial charge in [-0.25, -0.2) is 4.39 Å². The highest BCUT2D eigenvalue weighted by atomic mass is 19.4. The molecule has 0 unspecified atom stereocenters. The molecule has 0 bridgehead atoms. The molecule has 0 fully saturated rings. The summed E-state index contributed by atoms with van der Waals surface area (Å²) < 4.78 is 66.8. The van der Waals surface area contributed by atoms with Crippen molar-refractivity contribution in [1.82, 2.24) is 9.13 Å². The summed E-state index contributed by atoms with van der Waals surface area (Å²) in [5.41, 5.74) is 12.9. The Morgan fingerprint density at radius 2 is 0.873 bits per heavy atom. The highest BCUT2D eigenvalue weighted by Crippen LogP contribution is 2.48. The molecule has 0 aliphatic heterocycles. The molecule has 2 heterocycles. The fraction of sp³-hybridized carbons (Fsp3) is 0.125. The molecule has 0 aliphatic rings. The molecule has 10 aromatic rings. The Kier molecular flexibility index (Phi) is 9.20. The fourth-order valence-electron chi connectivity index (χ4n) is 10.3. The lowest BCUT2D eigenvalue weighted by atomic mass is 9.92. The van der Waals surface area contributed by atoms with Crippen LogP contribution in [-0.2, 0) is 6.18 Å². The van der Waals surface area contributed by atoms with Crippen molar-refractivity contribution in [3.05, 3.63) is 190 Å². The van der Waals surface area contributed by atoms with Gasteiger partial charge in [0.05, 0.1) is 50.6 Å². The molecule has 3 nitrogen and oxygen atoms in total. The zero-order valence-corrected chi connectivity index (χ0v) is 35.6. The van der Waals surface area contributed by atoms with Crippen molar-refractivity contribution in [2.24, 2.45) is 0 Å². The zero-order chi connectivity index (χ0) is 44.1. The normalized spacial score (nSPS) is 12.0. The first-order valence-electron chi connectivity index (χ1n) is 20.9. The summed E-state index contributed by atoms with van der Waals surface area (Å²) >= 11 is 0. The van der Waals surface area contributed by atoms with E-state index in [9.17, 15) is 5.26 Å². The van der Waals surface area contributed by atoms with Gasteiger partial charge in [-0.15, -0.1) is 0 Å². The van der Waals surface area contributed by atoms with Crippen molar-refractivity contribution in [3.8, 4) is 50.8 Å². The molecule has 0 atom stereocenters. The number of nitrogens with zero attached hydrogens (tertiary/aromatic N) is 3. The summed E-state index contributed by atoms with van der Waals surface area (Å²) in [6.07, 6.45) is -4.92. The van der Waals surface area contributed by atoms with E-state index in [2.05, 4.69) is 84.0 Å². The third-order valence-electron chi connectivity index (χ3n) is 12.6. The molecule has 10 rings (SSSR count). The van der Waals surface area contributed by atoms with E-state index in [4.69, 9.17) is 0 Å². The predicted molar refractivity (Wildman–Crippen MR) is 250 cm³/mol. The van der Waals surface area contributed by atoms with Crippen LogP contribution < -0.4 is 0 Å². The molecule has 7 heteroatoms. The number of alkyl halides is 3. The van der Waals surface area contributed by atoms with Crippen molar-refractivity contribution < 1.29 is 17.6 Å². The van der Waals surface area contributed by atoms with Crippen LogP contribution in [0.4, 0.5) is 17.6 Å². The first-order valence-corrected chi connectivity index (χ1v) is 20.9. The molecule has 0 saturated carbocycles. The van der Waals surface area contributed by atoms with E-state index in [1.165, 1.54) is 11.1 Å². The number of para-hydroxylation sites is 2. The maximum atomic E-state index is 16.9. The monoisotopic (exact) mass is 831 g/mol. The number of rotatable bonds is 5. The lowest BCUT2D eigenvalue weighted by Gasteiger charge is -2.23. The van der Waals surface area contributed by atoms with Crippen LogP contribution in [0.25, 0.3) is 88.4 Å². The van der Waals surface area contributed by atoms with E-state index in [1.807, 2.05) is 81.9 Å². The highest BCUT2D eigenvalue weighted by molar-refractivity contribution is 6.13. The summed E-state index contributed by atoms with van der Waals surface area (Å²) in [4.78, 5) is 0. The van der Waals surface area contributed by atoms with Gasteiger partial charge in [-0.1, -0.05) is 90.0 Å². The van der Waals surface area contributed by atoms with Crippen LogP contribution in [0.15, 0.2) is 140 Å². The van der Waals surface area contributed by atoms with E-state index in [0.717, 1.165) is 84.3 Å². The van der Waals surface area contributed by atoms with Crippen LogP contribution in [0.2, 0.25) is 0 Å². The van der Waals surface area contributed by atoms with Crippen LogP contribution in [0, 0.1) is 58.7 Å². The van der Waals surface area contributed by atoms with Crippen molar-refractivity contribution in [3.63, 3.8) is 0 Å². The van der Waals surface area contributed by atoms with Gasteiger partial charge >= 0.3 is 6.18 Å². The summed E-state index contributed by atoms with van der Waals surface area (Å²) in [6.45, 7) is 12.5. The topological polar surface area (TPSA) is 33.6 Å². The molecule has 0 aliphatic carbocycles. The van der Waals surface area contributed by atoms with E-state index >= 15 is 17.6 Å². The molecule has 63 heavy (non-hydrogen) atoms. The molecular weight excluding hydrogens is 791 g/mol. The van der Waals surface area contributed by atoms with Crippen LogP contribution in [0.3, 0.4) is 0 Å². The molecule has 0 amide bonds. The number of benzene rings is 8. The fourth-order valence-corrected chi connectivity index (χ4v) is 10.3. The maximum absolute atomic E-state index is 16.9. The average molecular weight is 832 g/mol. The summed E-state index contributed by atoms with van der Waals surface area (Å²) in [5, 5.41) is 14.2. The second kappa shape index (κ2) is 14.6. The quantitative estimate of drug-likeness (QED) is 0.159. The van der Waals surface area contributed by atoms with Crippen LogP contribution in [-0.4, -0.2) is 9.13 Å². The number of aryl methyl sites for hydroxylation is 6. The van der Waals surface area contributed by atoms with E-state index < -0.39 is 23.1 Å². The average Bonchev–Trinajstić information content (AvgIpc) is 3.74. The lowest BCUT2D eigenvalue weighted by Crippen LogP contribution is -2.12. The molecule has 0 saturated heterocycles. The van der Waals surface area contributed by atoms with Crippen molar-refractivity contribution in [1.29, 1.82) is 5.26 Å². The van der Waals surface area contributed by atoms with E-state index in [-0.39, 0.29) is 22.5 Å². The minimum atomic E-state index is -4.92. The molecule has 8 aromatic carbocycles. The Hall–Kier alpha value is -7.43. The Labute approximate surface area is 362 Å². The van der Waals surface area contributed by atoms with Gasteiger partial charge in [0.1, 0.15) is 5.82 Å². The van der Waals surface area contributed by atoms with Gasteiger partial charge in [0.25, 0.3) is 0 Å². The van der Waals surface area contributed by atoms with Gasteiger partial charge in [-0.05, 0) is 147 Å². The number of hydrogen-bond acceptors (Lipinski definition) is 1. The third kappa shape index (κ3) is 6.31. The Balaban J connectivity index is 1.36. The molecular formula is C56H41F4N3. The second-order valence-electron chi connectivity index (χ2n) is 16.9. The minimum absolute atomic E-state index is 0.00771. The minimum Gasteiger partial charge on any atom is -0.308 e. The summed E-state index contributed by atoms with van der Waals surface area (Å²) in [5.74, 6) is -1.03. The molecule has 0 N–H and O–H groups in total. The van der Waals surface area contributed by atoms with Crippen LogP contribution in [0.5, 0.6) is 0 Å². The number of aromatic nitrogens is 2. The zero-order valence-electron chi connectivity index (χ0n) is 35.6. The SMILES string of the molecule is Cc1cc(C)c(-c2ccc3c(c2)c2ccccc2n3-c2cc(C#N)cc(-n3c4ccccc4c4cc(-c5c(C)cc(C)cc5C)ccc43)c2-c2c(F)cccc2C(F)(F)F)c(C)c1. The first kappa shape index (κ1) is 39.7. The van der Waals surface area contributed by atoms with E-state index in [0.29, 0.717) is 22.1 Å². The van der Waals surface area contributed by atoms with E-state index in [1.54, 1.807) is 12.1 Å². The Bertz CT molecular complexity index is 3350. The van der Waals surface area contributed by atoms with Crippen molar-refractivity contribution in [2.45, 2.75) is 47.7 Å². The van der Waals surface area contributed by atoms with Gasteiger partial charge in [0.15, 0.2) is 0 Å². The highest BCUT2D eigenvalue weighted by Gasteiger charge is 2.37. The standard InChI is InChI=1S/C56H41F4N3/c1-31-22-33(3)52(34(4)23-31)38-18-20-48-42(28-38)40-12-7-9-16-46(40)62(48)50-26-37(30-61)27-51(55(50)54-44(56(58,59)60)14-11-15-45(54)57)63-47-17-10-8-13-41(47)43-29-39(19-21-49(43)63)53-35(5)24-32(2)25-36(53)6/h7-29H,1-6H3. The first-order chi connectivity index (χ1) is 30.2. The Morgan fingerprint density at radius 1 is 0.444 bits per heavy atom. The lowest BCUT2D eigenvalue weighted by molar-refractivity contribution is -0.137. The molecule has 0 radical (unpaired) electrons. The number of hydrogen-bond donors (Lipinski definition) is 0. The van der Waals surface area contributed by atoms with Gasteiger partial charge in [0, 0.05) is 32.7 Å². The number of nitriles is 1. The van der Waals surface area contributed by atoms with Crippen LogP contribution >= 0.6 is 0 Å².